The Kier molecular flexibility index (Phi) is 6.57. The summed E-state index contributed by atoms with van der Waals surface area (Å²) in [5.74, 6) is -0.796. The van der Waals surface area contributed by atoms with E-state index in [0.717, 1.165) is 6.07 Å². The molecule has 142 valence electrons. The number of ether oxygens (including phenoxy) is 1. The molecule has 0 saturated heterocycles. The van der Waals surface area contributed by atoms with Crippen LogP contribution in [-0.2, 0) is 12.7 Å². The number of benzene rings is 1. The Morgan fingerprint density at radius 3 is 2.73 bits per heavy atom. The van der Waals surface area contributed by atoms with Gasteiger partial charge < -0.3 is 20.5 Å². The normalized spacial score (nSPS) is 12.7. The second-order valence-electron chi connectivity index (χ2n) is 5.48. The van der Waals surface area contributed by atoms with E-state index >= 15 is 0 Å². The highest BCUT2D eigenvalue weighted by Crippen LogP contribution is 2.35. The molecule has 0 bridgehead atoms. The molecule has 26 heavy (non-hydrogen) atoms. The Hall–Kier alpha value is -2.17. The lowest BCUT2D eigenvalue weighted by Crippen LogP contribution is -2.37. The molecule has 1 heterocycles. The van der Waals surface area contributed by atoms with E-state index < -0.39 is 30.4 Å². The van der Waals surface area contributed by atoms with Crippen molar-refractivity contribution in [1.29, 1.82) is 0 Å². The van der Waals surface area contributed by atoms with Crippen LogP contribution >= 0.6 is 11.3 Å². The Morgan fingerprint density at radius 2 is 2.12 bits per heavy atom. The smallest absolute Gasteiger partial charge is 0.419 e. The van der Waals surface area contributed by atoms with Crippen LogP contribution in [0, 0.1) is 0 Å². The first-order chi connectivity index (χ1) is 12.2. The minimum Gasteiger partial charge on any atom is -0.490 e. The summed E-state index contributed by atoms with van der Waals surface area (Å²) < 4.78 is 43.8. The minimum atomic E-state index is -4.56. The summed E-state index contributed by atoms with van der Waals surface area (Å²) in [4.78, 5) is 17.5. The van der Waals surface area contributed by atoms with E-state index in [0.29, 0.717) is 5.01 Å². The molecule has 0 spiro atoms. The van der Waals surface area contributed by atoms with Crippen molar-refractivity contribution in [3.63, 3.8) is 0 Å². The SMILES string of the molecule is CN(CC(O)COc1ccccc1C(F)(F)F)C(=O)c1csc(CN)n1. The van der Waals surface area contributed by atoms with Crippen LogP contribution in [0.2, 0.25) is 0 Å². The number of carbonyl (C=O) groups is 1. The first-order valence-electron chi connectivity index (χ1n) is 7.59. The topological polar surface area (TPSA) is 88.7 Å². The lowest BCUT2D eigenvalue weighted by atomic mass is 10.2. The monoisotopic (exact) mass is 389 g/mol. The Bertz CT molecular complexity index is 752. The summed E-state index contributed by atoms with van der Waals surface area (Å²) in [6, 6.07) is 4.73. The number of likely N-dealkylation sites (N-methyl/N-ethyl adjacent to an activating group) is 1. The quantitative estimate of drug-likeness (QED) is 0.757. The van der Waals surface area contributed by atoms with Crippen LogP contribution in [0.4, 0.5) is 13.2 Å². The van der Waals surface area contributed by atoms with Gasteiger partial charge in [0.2, 0.25) is 0 Å². The third kappa shape index (κ3) is 5.16. The molecule has 0 fully saturated rings. The third-order valence-electron chi connectivity index (χ3n) is 3.40. The molecule has 10 heteroatoms. The summed E-state index contributed by atoms with van der Waals surface area (Å²) in [6.07, 6.45) is -5.72. The van der Waals surface area contributed by atoms with Crippen LogP contribution in [0.5, 0.6) is 5.75 Å². The predicted octanol–water partition coefficient (Wildman–Crippen LogP) is 2.13. The van der Waals surface area contributed by atoms with Gasteiger partial charge in [-0.3, -0.25) is 4.79 Å². The number of nitrogens with two attached hydrogens (primary N) is 1. The molecule has 1 amide bonds. The number of amides is 1. The number of rotatable bonds is 7. The number of thiazole rings is 1. The number of carbonyl (C=O) groups excluding carboxylic acids is 1. The van der Waals surface area contributed by atoms with E-state index in [1.165, 1.54) is 41.5 Å². The van der Waals surface area contributed by atoms with Gasteiger partial charge in [-0.05, 0) is 12.1 Å². The summed E-state index contributed by atoms with van der Waals surface area (Å²) in [5.41, 5.74) is 4.72. The number of aromatic nitrogens is 1. The van der Waals surface area contributed by atoms with E-state index in [1.807, 2.05) is 0 Å². The predicted molar refractivity (Wildman–Crippen MR) is 89.9 cm³/mol. The van der Waals surface area contributed by atoms with Crippen LogP contribution in [-0.4, -0.2) is 47.2 Å². The molecule has 2 rings (SSSR count). The van der Waals surface area contributed by atoms with Gasteiger partial charge >= 0.3 is 6.18 Å². The van der Waals surface area contributed by atoms with Crippen molar-refractivity contribution in [3.8, 4) is 5.75 Å². The summed E-state index contributed by atoms with van der Waals surface area (Å²) >= 11 is 1.25. The van der Waals surface area contributed by atoms with Crippen LogP contribution in [0.1, 0.15) is 21.1 Å². The average molecular weight is 389 g/mol. The zero-order chi connectivity index (χ0) is 19.3. The average Bonchev–Trinajstić information content (AvgIpc) is 3.07. The second-order valence-corrected chi connectivity index (χ2v) is 6.42. The molecule has 1 aromatic carbocycles. The van der Waals surface area contributed by atoms with Crippen molar-refractivity contribution in [2.45, 2.75) is 18.8 Å². The fourth-order valence-electron chi connectivity index (χ4n) is 2.16. The largest absolute Gasteiger partial charge is 0.490 e. The highest BCUT2D eigenvalue weighted by Gasteiger charge is 2.34. The zero-order valence-corrected chi connectivity index (χ0v) is 14.7. The van der Waals surface area contributed by atoms with Gasteiger partial charge in [0.15, 0.2) is 0 Å². The van der Waals surface area contributed by atoms with Crippen molar-refractivity contribution < 1.29 is 27.8 Å². The highest BCUT2D eigenvalue weighted by atomic mass is 32.1. The van der Waals surface area contributed by atoms with Crippen molar-refractivity contribution in [2.75, 3.05) is 20.2 Å². The maximum Gasteiger partial charge on any atom is 0.419 e. The van der Waals surface area contributed by atoms with E-state index in [4.69, 9.17) is 10.5 Å². The molecular formula is C16H18F3N3O3S. The van der Waals surface area contributed by atoms with Crippen LogP contribution in [0.25, 0.3) is 0 Å². The molecule has 1 atom stereocenters. The van der Waals surface area contributed by atoms with Crippen LogP contribution < -0.4 is 10.5 Å². The number of aliphatic hydroxyl groups excluding tert-OH is 1. The minimum absolute atomic E-state index is 0.123. The van der Waals surface area contributed by atoms with E-state index in [1.54, 1.807) is 5.38 Å². The maximum atomic E-state index is 12.9. The van der Waals surface area contributed by atoms with Gasteiger partial charge in [-0.2, -0.15) is 13.2 Å². The standard InChI is InChI=1S/C16H18F3N3O3S/c1-22(15(24)12-9-26-14(6-20)21-12)7-10(23)8-25-13-5-3-2-4-11(13)16(17,18)19/h2-5,9-10,23H,6-8,20H2,1H3. The molecule has 0 aliphatic heterocycles. The second kappa shape index (κ2) is 8.47. The first kappa shape index (κ1) is 20.1. The van der Waals surface area contributed by atoms with Crippen LogP contribution in [0.15, 0.2) is 29.6 Å². The van der Waals surface area contributed by atoms with Crippen LogP contribution in [0.3, 0.4) is 0 Å². The molecule has 0 radical (unpaired) electrons. The van der Waals surface area contributed by atoms with Gasteiger partial charge in [0.25, 0.3) is 5.91 Å². The molecule has 1 unspecified atom stereocenters. The molecule has 3 N–H and O–H groups in total. The molecule has 0 aliphatic rings. The third-order valence-corrected chi connectivity index (χ3v) is 4.27. The van der Waals surface area contributed by atoms with Crippen molar-refractivity contribution in [2.24, 2.45) is 5.73 Å². The number of hydrogen-bond acceptors (Lipinski definition) is 6. The zero-order valence-electron chi connectivity index (χ0n) is 13.9. The summed E-state index contributed by atoms with van der Waals surface area (Å²) in [5, 5.41) is 12.1. The summed E-state index contributed by atoms with van der Waals surface area (Å²) in [7, 11) is 1.46. The molecule has 2 aromatic rings. The Morgan fingerprint density at radius 1 is 1.42 bits per heavy atom. The fourth-order valence-corrected chi connectivity index (χ4v) is 2.81. The number of hydrogen-bond donors (Lipinski definition) is 2. The van der Waals surface area contributed by atoms with Gasteiger partial charge in [-0.15, -0.1) is 11.3 Å². The molecule has 0 saturated carbocycles. The number of nitrogens with zero attached hydrogens (tertiary/aromatic N) is 2. The lowest BCUT2D eigenvalue weighted by molar-refractivity contribution is -0.139. The van der Waals surface area contributed by atoms with Gasteiger partial charge in [-0.25, -0.2) is 4.98 Å². The fraction of sp³-hybridized carbons (Fsp3) is 0.375. The number of aliphatic hydroxyl groups is 1. The lowest BCUT2D eigenvalue weighted by Gasteiger charge is -2.21. The molecule has 0 aliphatic carbocycles. The first-order valence-corrected chi connectivity index (χ1v) is 8.47. The van der Waals surface area contributed by atoms with E-state index in [9.17, 15) is 23.1 Å². The van der Waals surface area contributed by atoms with Gasteiger partial charge in [0.05, 0.1) is 5.56 Å². The summed E-state index contributed by atoms with van der Waals surface area (Å²) in [6.45, 7) is -0.297. The number of para-hydroxylation sites is 1. The molecule has 1 aromatic heterocycles. The highest BCUT2D eigenvalue weighted by molar-refractivity contribution is 7.09. The van der Waals surface area contributed by atoms with Crippen molar-refractivity contribution in [3.05, 3.63) is 45.9 Å². The number of alkyl halides is 3. The number of halogens is 3. The van der Waals surface area contributed by atoms with Crippen molar-refractivity contribution in [1.82, 2.24) is 9.88 Å². The molecular weight excluding hydrogens is 371 g/mol. The molecule has 6 nitrogen and oxygen atoms in total. The van der Waals surface area contributed by atoms with Crippen molar-refractivity contribution >= 4 is 17.2 Å². The van der Waals surface area contributed by atoms with E-state index in [-0.39, 0.29) is 24.5 Å². The van der Waals surface area contributed by atoms with Gasteiger partial charge in [0.1, 0.15) is 29.2 Å². The Labute approximate surface area is 152 Å². The van der Waals surface area contributed by atoms with E-state index in [2.05, 4.69) is 4.98 Å². The maximum absolute atomic E-state index is 12.9. The van der Waals surface area contributed by atoms with Gasteiger partial charge in [-0.1, -0.05) is 12.1 Å². The van der Waals surface area contributed by atoms with Gasteiger partial charge in [0, 0.05) is 25.5 Å². The Balaban J connectivity index is 1.93.